The normalized spacial score (nSPS) is 23.6. The van der Waals surface area contributed by atoms with Crippen molar-refractivity contribution in [1.82, 2.24) is 29.8 Å². The largest absolute Gasteiger partial charge is 0.387 e. The summed E-state index contributed by atoms with van der Waals surface area (Å²) in [4.78, 5) is 29.0. The summed E-state index contributed by atoms with van der Waals surface area (Å²) in [6, 6.07) is 1.24. The van der Waals surface area contributed by atoms with Crippen LogP contribution in [0.4, 0.5) is 10.2 Å². The van der Waals surface area contributed by atoms with Gasteiger partial charge in [-0.3, -0.25) is 14.3 Å². The van der Waals surface area contributed by atoms with Crippen LogP contribution in [-0.4, -0.2) is 72.5 Å². The molecule has 0 spiro atoms. The SMILES string of the molecule is CCNC(=O)[C@@H]1OC(n2cnc3c(NC)nc(-c4cncc(F)c4)nc32)C(O)C1O. The molecule has 0 saturated carbocycles. The second-order valence-electron chi connectivity index (χ2n) is 6.68. The molecule has 0 aliphatic carbocycles. The Morgan fingerprint density at radius 3 is 2.80 bits per heavy atom. The molecule has 11 nitrogen and oxygen atoms in total. The Hall–Kier alpha value is -3.22. The van der Waals surface area contributed by atoms with Crippen molar-refractivity contribution >= 4 is 22.9 Å². The molecule has 1 fully saturated rings. The van der Waals surface area contributed by atoms with Gasteiger partial charge in [-0.25, -0.2) is 19.3 Å². The maximum Gasteiger partial charge on any atom is 0.252 e. The van der Waals surface area contributed by atoms with Crippen molar-refractivity contribution in [3.63, 3.8) is 0 Å². The van der Waals surface area contributed by atoms with Crippen LogP contribution in [-0.2, 0) is 9.53 Å². The number of ether oxygens (including phenoxy) is 1. The number of aromatic nitrogens is 5. The average molecular weight is 417 g/mol. The quantitative estimate of drug-likeness (QED) is 0.444. The Balaban J connectivity index is 1.78. The highest BCUT2D eigenvalue weighted by Gasteiger charge is 2.47. The lowest BCUT2D eigenvalue weighted by molar-refractivity contribution is -0.137. The highest BCUT2D eigenvalue weighted by Crippen LogP contribution is 2.33. The summed E-state index contributed by atoms with van der Waals surface area (Å²) in [7, 11) is 1.64. The zero-order valence-corrected chi connectivity index (χ0v) is 16.2. The van der Waals surface area contributed by atoms with Crippen LogP contribution in [0.1, 0.15) is 13.2 Å². The molecular weight excluding hydrogens is 397 g/mol. The van der Waals surface area contributed by atoms with Crippen molar-refractivity contribution in [2.24, 2.45) is 0 Å². The van der Waals surface area contributed by atoms with E-state index in [-0.39, 0.29) is 11.5 Å². The number of aliphatic hydroxyl groups excluding tert-OH is 2. The minimum absolute atomic E-state index is 0.175. The molecule has 1 aliphatic heterocycles. The van der Waals surface area contributed by atoms with Gasteiger partial charge >= 0.3 is 0 Å². The minimum atomic E-state index is -1.43. The third-order valence-corrected chi connectivity index (χ3v) is 4.74. The van der Waals surface area contributed by atoms with Gasteiger partial charge in [0, 0.05) is 25.4 Å². The lowest BCUT2D eigenvalue weighted by Gasteiger charge is -2.17. The van der Waals surface area contributed by atoms with E-state index in [1.807, 2.05) is 0 Å². The number of pyridine rings is 1. The molecule has 4 atom stereocenters. The Morgan fingerprint density at radius 2 is 2.10 bits per heavy atom. The summed E-state index contributed by atoms with van der Waals surface area (Å²) in [5, 5.41) is 26.3. The van der Waals surface area contributed by atoms with Crippen LogP contribution >= 0.6 is 0 Å². The smallest absolute Gasteiger partial charge is 0.252 e. The van der Waals surface area contributed by atoms with E-state index in [1.54, 1.807) is 14.0 Å². The number of halogens is 1. The second-order valence-corrected chi connectivity index (χ2v) is 6.68. The van der Waals surface area contributed by atoms with Crippen molar-refractivity contribution in [2.45, 2.75) is 31.5 Å². The Morgan fingerprint density at radius 1 is 1.30 bits per heavy atom. The molecule has 3 unspecified atom stereocenters. The fourth-order valence-corrected chi connectivity index (χ4v) is 3.32. The molecule has 1 aliphatic rings. The maximum absolute atomic E-state index is 13.6. The van der Waals surface area contributed by atoms with Crippen LogP contribution in [0.3, 0.4) is 0 Å². The number of hydrogen-bond acceptors (Lipinski definition) is 9. The maximum atomic E-state index is 13.6. The van der Waals surface area contributed by atoms with Crippen molar-refractivity contribution in [3.8, 4) is 11.4 Å². The summed E-state index contributed by atoms with van der Waals surface area (Å²) in [6.45, 7) is 2.08. The lowest BCUT2D eigenvalue weighted by atomic mass is 10.1. The number of carbonyl (C=O) groups is 1. The van der Waals surface area contributed by atoms with Crippen LogP contribution in [0.2, 0.25) is 0 Å². The fraction of sp³-hybridized carbons (Fsp3) is 0.389. The number of nitrogens with one attached hydrogen (secondary N) is 2. The topological polar surface area (TPSA) is 147 Å². The molecule has 3 aromatic rings. The minimum Gasteiger partial charge on any atom is -0.387 e. The van der Waals surface area contributed by atoms with E-state index >= 15 is 0 Å². The summed E-state index contributed by atoms with van der Waals surface area (Å²) >= 11 is 0. The molecule has 0 radical (unpaired) electrons. The summed E-state index contributed by atoms with van der Waals surface area (Å²) in [5.41, 5.74) is 0.980. The van der Waals surface area contributed by atoms with Gasteiger partial charge in [0.1, 0.15) is 18.0 Å². The first kappa shape index (κ1) is 20.1. The third kappa shape index (κ3) is 3.34. The molecule has 1 saturated heterocycles. The van der Waals surface area contributed by atoms with Gasteiger partial charge in [-0.15, -0.1) is 0 Å². The van der Waals surface area contributed by atoms with Crippen LogP contribution in [0.15, 0.2) is 24.8 Å². The Bertz CT molecular complexity index is 1090. The van der Waals surface area contributed by atoms with Gasteiger partial charge in [0.2, 0.25) is 0 Å². The van der Waals surface area contributed by atoms with Gasteiger partial charge < -0.3 is 25.6 Å². The first-order chi connectivity index (χ1) is 14.4. The molecule has 30 heavy (non-hydrogen) atoms. The van der Waals surface area contributed by atoms with Crippen LogP contribution in [0.25, 0.3) is 22.6 Å². The monoisotopic (exact) mass is 417 g/mol. The van der Waals surface area contributed by atoms with Gasteiger partial charge in [-0.1, -0.05) is 0 Å². The zero-order valence-electron chi connectivity index (χ0n) is 16.2. The predicted molar refractivity (Wildman–Crippen MR) is 103 cm³/mol. The van der Waals surface area contributed by atoms with E-state index in [2.05, 4.69) is 30.6 Å². The molecule has 1 amide bonds. The van der Waals surface area contributed by atoms with Crippen molar-refractivity contribution in [2.75, 3.05) is 18.9 Å². The fourth-order valence-electron chi connectivity index (χ4n) is 3.32. The summed E-state index contributed by atoms with van der Waals surface area (Å²) < 4.78 is 20.7. The molecule has 158 valence electrons. The van der Waals surface area contributed by atoms with E-state index in [0.717, 1.165) is 6.20 Å². The zero-order chi connectivity index (χ0) is 21.4. The number of carbonyl (C=O) groups excluding carboxylic acids is 1. The van der Waals surface area contributed by atoms with E-state index < -0.39 is 36.3 Å². The standard InChI is InChI=1S/C18H20FN7O4/c1-3-22-17(29)13-11(27)12(28)18(30-13)26-7-23-10-15(20-2)24-14(25-16(10)26)8-4-9(19)6-21-5-8/h4-7,11-13,18,27-28H,3H2,1-2H3,(H,22,29)(H,20,24,25)/t11?,12?,13-,18?/m1/s1. The van der Waals surface area contributed by atoms with E-state index in [1.165, 1.54) is 23.2 Å². The first-order valence-electron chi connectivity index (χ1n) is 9.27. The number of imidazole rings is 1. The number of rotatable bonds is 5. The van der Waals surface area contributed by atoms with Crippen molar-refractivity contribution in [1.29, 1.82) is 0 Å². The van der Waals surface area contributed by atoms with Gasteiger partial charge in [0.15, 0.2) is 35.1 Å². The molecule has 4 rings (SSSR count). The average Bonchev–Trinajstić information content (AvgIpc) is 3.29. The number of amides is 1. The molecule has 0 bridgehead atoms. The molecule has 3 aromatic heterocycles. The molecule has 0 aromatic carbocycles. The van der Waals surface area contributed by atoms with Crippen LogP contribution < -0.4 is 10.6 Å². The van der Waals surface area contributed by atoms with Gasteiger partial charge in [-0.2, -0.15) is 0 Å². The van der Waals surface area contributed by atoms with E-state index in [4.69, 9.17) is 4.74 Å². The number of nitrogens with zero attached hydrogens (tertiary/aromatic N) is 5. The number of likely N-dealkylation sites (N-methyl/N-ethyl adjacent to an activating group) is 1. The second kappa shape index (κ2) is 7.89. The van der Waals surface area contributed by atoms with E-state index in [0.29, 0.717) is 23.4 Å². The Kier molecular flexibility index (Phi) is 5.28. The number of aliphatic hydroxyl groups is 2. The number of anilines is 1. The van der Waals surface area contributed by atoms with Gasteiger partial charge in [-0.05, 0) is 13.0 Å². The van der Waals surface area contributed by atoms with Crippen LogP contribution in [0.5, 0.6) is 0 Å². The van der Waals surface area contributed by atoms with Gasteiger partial charge in [0.25, 0.3) is 5.91 Å². The first-order valence-corrected chi connectivity index (χ1v) is 9.27. The predicted octanol–water partition coefficient (Wildman–Crippen LogP) is -0.176. The highest BCUT2D eigenvalue weighted by atomic mass is 19.1. The highest BCUT2D eigenvalue weighted by molar-refractivity contribution is 5.85. The van der Waals surface area contributed by atoms with Crippen molar-refractivity contribution < 1.29 is 24.1 Å². The molecule has 12 heteroatoms. The van der Waals surface area contributed by atoms with Crippen LogP contribution in [0, 0.1) is 5.82 Å². The summed E-state index contributed by atoms with van der Waals surface area (Å²) in [5.74, 6) is -0.536. The molecular formula is C18H20FN7O4. The third-order valence-electron chi connectivity index (χ3n) is 4.74. The number of fused-ring (bicyclic) bond motifs is 1. The number of hydrogen-bond donors (Lipinski definition) is 4. The van der Waals surface area contributed by atoms with E-state index in [9.17, 15) is 19.4 Å². The Labute approximate surface area is 170 Å². The molecule has 4 N–H and O–H groups in total. The van der Waals surface area contributed by atoms with Gasteiger partial charge in [0.05, 0.1) is 12.5 Å². The van der Waals surface area contributed by atoms with Crippen molar-refractivity contribution in [3.05, 3.63) is 30.6 Å². The summed E-state index contributed by atoms with van der Waals surface area (Å²) in [6.07, 6.45) is -1.35. The molecule has 4 heterocycles. The lowest BCUT2D eigenvalue weighted by Crippen LogP contribution is -2.42.